The number of hydrogen-bond donors (Lipinski definition) is 2. The van der Waals surface area contributed by atoms with E-state index >= 15 is 0 Å². The summed E-state index contributed by atoms with van der Waals surface area (Å²) >= 11 is 0. The molecule has 2 N–H and O–H groups in total. The van der Waals surface area contributed by atoms with Gasteiger partial charge in [-0.05, 0) is 56.7 Å². The minimum Gasteiger partial charge on any atom is -0.478 e. The van der Waals surface area contributed by atoms with Gasteiger partial charge >= 0.3 is 5.97 Å². The monoisotopic (exact) mass is 380 g/mol. The molecule has 0 spiro atoms. The molecule has 8 heteroatoms. The van der Waals surface area contributed by atoms with Crippen molar-refractivity contribution in [2.24, 2.45) is 0 Å². The summed E-state index contributed by atoms with van der Waals surface area (Å²) in [5.41, 5.74) is 1.03. The molecule has 0 unspecified atom stereocenters. The Hall–Kier alpha value is -2.61. The van der Waals surface area contributed by atoms with Crippen LogP contribution in [0.3, 0.4) is 0 Å². The third-order valence-corrected chi connectivity index (χ3v) is 5.54. The molecule has 0 heterocycles. The molecule has 26 heavy (non-hydrogen) atoms. The zero-order valence-corrected chi connectivity index (χ0v) is 15.6. The van der Waals surface area contributed by atoms with Crippen molar-refractivity contribution < 1.29 is 22.7 Å². The number of nitrogens with zero attached hydrogens (tertiary/aromatic N) is 1. The van der Waals surface area contributed by atoms with Crippen molar-refractivity contribution >= 4 is 27.4 Å². The lowest BCUT2D eigenvalue weighted by molar-refractivity contribution is 0.0697. The Labute approximate surface area is 152 Å². The van der Waals surface area contributed by atoms with Gasteiger partial charge in [0.1, 0.15) is 5.82 Å². The van der Waals surface area contributed by atoms with E-state index in [1.807, 2.05) is 18.7 Å². The van der Waals surface area contributed by atoms with Gasteiger partial charge in [-0.15, -0.1) is 0 Å². The van der Waals surface area contributed by atoms with Crippen LogP contribution in [0.5, 0.6) is 0 Å². The highest BCUT2D eigenvalue weighted by Gasteiger charge is 2.21. The summed E-state index contributed by atoms with van der Waals surface area (Å²) in [6.45, 7) is 6.59. The molecule has 0 bridgehead atoms. The molecule has 6 nitrogen and oxygen atoms in total. The zero-order valence-electron chi connectivity index (χ0n) is 14.8. The topological polar surface area (TPSA) is 86.7 Å². The van der Waals surface area contributed by atoms with Crippen molar-refractivity contribution in [1.29, 1.82) is 0 Å². The lowest BCUT2D eigenvalue weighted by atomic mass is 10.1. The molecule has 0 fully saturated rings. The van der Waals surface area contributed by atoms with E-state index in [4.69, 9.17) is 0 Å². The van der Waals surface area contributed by atoms with Gasteiger partial charge in [0.25, 0.3) is 10.0 Å². The summed E-state index contributed by atoms with van der Waals surface area (Å²) in [5, 5.41) is 9.21. The molecule has 140 valence electrons. The van der Waals surface area contributed by atoms with Crippen molar-refractivity contribution in [2.75, 3.05) is 22.7 Å². The minimum absolute atomic E-state index is 0.0467. The number of sulfonamides is 1. The number of benzene rings is 2. The number of nitrogens with one attached hydrogen (secondary N) is 1. The second-order valence-electron chi connectivity index (χ2n) is 5.72. The van der Waals surface area contributed by atoms with Crippen LogP contribution in [-0.2, 0) is 10.0 Å². The summed E-state index contributed by atoms with van der Waals surface area (Å²) in [5.74, 6) is -1.84. The number of carboxylic acids is 1. The zero-order chi connectivity index (χ0) is 19.5. The Morgan fingerprint density at radius 3 is 2.38 bits per heavy atom. The Bertz CT molecular complexity index is 925. The Balaban J connectivity index is 2.57. The predicted molar refractivity (Wildman–Crippen MR) is 98.9 cm³/mol. The maximum atomic E-state index is 13.5. The molecule has 2 aromatic rings. The van der Waals surface area contributed by atoms with Gasteiger partial charge in [-0.25, -0.2) is 17.6 Å². The summed E-state index contributed by atoms with van der Waals surface area (Å²) in [4.78, 5) is 13.0. The predicted octanol–water partition coefficient (Wildman–Crippen LogP) is 3.48. The van der Waals surface area contributed by atoms with Crippen molar-refractivity contribution in [3.05, 3.63) is 53.3 Å². The van der Waals surface area contributed by atoms with Gasteiger partial charge in [0.05, 0.1) is 21.8 Å². The van der Waals surface area contributed by atoms with Crippen LogP contribution >= 0.6 is 0 Å². The molecule has 0 saturated heterocycles. The second kappa shape index (κ2) is 7.74. The Morgan fingerprint density at radius 2 is 1.81 bits per heavy atom. The van der Waals surface area contributed by atoms with E-state index in [0.29, 0.717) is 24.3 Å². The number of aromatic carboxylic acids is 1. The molecule has 0 aromatic heterocycles. The normalized spacial score (nSPS) is 11.2. The first kappa shape index (κ1) is 19.7. The van der Waals surface area contributed by atoms with Crippen molar-refractivity contribution in [3.8, 4) is 0 Å². The second-order valence-corrected chi connectivity index (χ2v) is 7.38. The molecular weight excluding hydrogens is 359 g/mol. The highest BCUT2D eigenvalue weighted by Crippen LogP contribution is 2.30. The van der Waals surface area contributed by atoms with E-state index in [9.17, 15) is 22.7 Å². The van der Waals surface area contributed by atoms with Crippen LogP contribution in [0.25, 0.3) is 0 Å². The maximum absolute atomic E-state index is 13.5. The Morgan fingerprint density at radius 1 is 1.15 bits per heavy atom. The summed E-state index contributed by atoms with van der Waals surface area (Å²) < 4.78 is 41.5. The lowest BCUT2D eigenvalue weighted by Crippen LogP contribution is -2.24. The fourth-order valence-corrected chi connectivity index (χ4v) is 3.98. The van der Waals surface area contributed by atoms with Gasteiger partial charge in [-0.3, -0.25) is 4.72 Å². The molecule has 0 radical (unpaired) electrons. The summed E-state index contributed by atoms with van der Waals surface area (Å²) in [6, 6.07) is 7.75. The molecule has 0 atom stereocenters. The Kier molecular flexibility index (Phi) is 5.86. The van der Waals surface area contributed by atoms with Crippen LogP contribution in [-0.4, -0.2) is 32.6 Å². The fourth-order valence-electron chi connectivity index (χ4n) is 2.65. The fraction of sp³-hybridized carbons (Fsp3) is 0.278. The molecule has 2 aromatic carbocycles. The number of carboxylic acid groups (broad SMARTS) is 1. The number of carbonyl (C=O) groups is 1. The highest BCUT2D eigenvalue weighted by atomic mass is 32.2. The first-order valence-corrected chi connectivity index (χ1v) is 9.59. The smallest absolute Gasteiger partial charge is 0.335 e. The van der Waals surface area contributed by atoms with Crippen LogP contribution in [0.2, 0.25) is 0 Å². The van der Waals surface area contributed by atoms with Gasteiger partial charge in [-0.1, -0.05) is 6.07 Å². The lowest BCUT2D eigenvalue weighted by Gasteiger charge is -2.25. The number of halogens is 1. The minimum atomic E-state index is -4.09. The van der Waals surface area contributed by atoms with Gasteiger partial charge < -0.3 is 10.0 Å². The number of hydrogen-bond acceptors (Lipinski definition) is 4. The molecule has 0 aliphatic rings. The average molecular weight is 380 g/mol. The maximum Gasteiger partial charge on any atom is 0.335 e. The van der Waals surface area contributed by atoms with E-state index in [2.05, 4.69) is 4.72 Å². The largest absolute Gasteiger partial charge is 0.478 e. The van der Waals surface area contributed by atoms with Crippen LogP contribution in [0.1, 0.15) is 29.8 Å². The summed E-state index contributed by atoms with van der Waals surface area (Å²) in [6.07, 6.45) is 0. The van der Waals surface area contributed by atoms with Gasteiger partial charge in [0.2, 0.25) is 0 Å². The average Bonchev–Trinajstić information content (AvgIpc) is 2.58. The molecule has 0 amide bonds. The van der Waals surface area contributed by atoms with E-state index < -0.39 is 21.8 Å². The first-order chi connectivity index (χ1) is 12.2. The quantitative estimate of drug-likeness (QED) is 0.768. The molecular formula is C18H21FN2O4S. The highest BCUT2D eigenvalue weighted by molar-refractivity contribution is 7.92. The number of aryl methyl sites for hydroxylation is 1. The van der Waals surface area contributed by atoms with Crippen LogP contribution in [0.4, 0.5) is 15.8 Å². The van der Waals surface area contributed by atoms with Gasteiger partial charge in [0, 0.05) is 13.1 Å². The first-order valence-electron chi connectivity index (χ1n) is 8.10. The standard InChI is InChI=1S/C18H21FN2O4S/c1-4-21(5-2)16-9-7-13(18(22)23)10-15(16)20-26(24,25)17-11-14(19)8-6-12(17)3/h6-11,20H,4-5H2,1-3H3,(H,22,23). The van der Waals surface area contributed by atoms with Gasteiger partial charge in [0.15, 0.2) is 0 Å². The van der Waals surface area contributed by atoms with Crippen molar-refractivity contribution in [2.45, 2.75) is 25.7 Å². The third kappa shape index (κ3) is 4.13. The summed E-state index contributed by atoms with van der Waals surface area (Å²) in [7, 11) is -4.09. The van der Waals surface area contributed by atoms with E-state index in [-0.39, 0.29) is 16.1 Å². The molecule has 2 rings (SSSR count). The number of anilines is 2. The van der Waals surface area contributed by atoms with Gasteiger partial charge in [-0.2, -0.15) is 0 Å². The molecule has 0 aliphatic heterocycles. The molecule has 0 aliphatic carbocycles. The van der Waals surface area contributed by atoms with Crippen molar-refractivity contribution in [1.82, 2.24) is 0 Å². The van der Waals surface area contributed by atoms with Crippen LogP contribution < -0.4 is 9.62 Å². The molecule has 0 saturated carbocycles. The van der Waals surface area contributed by atoms with Crippen molar-refractivity contribution in [3.63, 3.8) is 0 Å². The van der Waals surface area contributed by atoms with E-state index in [1.165, 1.54) is 24.3 Å². The number of rotatable bonds is 7. The van der Waals surface area contributed by atoms with E-state index in [1.54, 1.807) is 13.0 Å². The van der Waals surface area contributed by atoms with E-state index in [0.717, 1.165) is 6.07 Å². The van der Waals surface area contributed by atoms with Crippen LogP contribution in [0, 0.1) is 12.7 Å². The SMILES string of the molecule is CCN(CC)c1ccc(C(=O)O)cc1NS(=O)(=O)c1cc(F)ccc1C. The third-order valence-electron chi connectivity index (χ3n) is 4.03. The van der Waals surface area contributed by atoms with Crippen LogP contribution in [0.15, 0.2) is 41.3 Å².